The predicted molar refractivity (Wildman–Crippen MR) is 69.1 cm³/mol. The molecule has 0 fully saturated rings. The summed E-state index contributed by atoms with van der Waals surface area (Å²) >= 11 is 1.49. The fourth-order valence-corrected chi connectivity index (χ4v) is 2.18. The van der Waals surface area contributed by atoms with Gasteiger partial charge in [0.2, 0.25) is 5.82 Å². The lowest BCUT2D eigenvalue weighted by molar-refractivity contribution is -0.387. The maximum Gasteiger partial charge on any atom is 0.306 e. The summed E-state index contributed by atoms with van der Waals surface area (Å²) in [5, 5.41) is 15.4. The first-order valence-corrected chi connectivity index (χ1v) is 5.95. The van der Waals surface area contributed by atoms with Crippen molar-refractivity contribution in [2.45, 2.75) is 6.54 Å². The Morgan fingerprint density at radius 1 is 1.44 bits per heavy atom. The van der Waals surface area contributed by atoms with Crippen LogP contribution < -0.4 is 11.1 Å². The second-order valence-electron chi connectivity index (χ2n) is 3.58. The number of nitro benzene ring substituents is 1. The van der Waals surface area contributed by atoms with Gasteiger partial charge in [-0.1, -0.05) is 0 Å². The second kappa shape index (κ2) is 5.01. The molecule has 94 valence electrons. The van der Waals surface area contributed by atoms with Gasteiger partial charge in [0.15, 0.2) is 0 Å². The first kappa shape index (κ1) is 12.3. The van der Waals surface area contributed by atoms with Crippen LogP contribution in [0.25, 0.3) is 0 Å². The van der Waals surface area contributed by atoms with E-state index in [9.17, 15) is 14.5 Å². The molecule has 2 rings (SSSR count). The van der Waals surface area contributed by atoms with Crippen LogP contribution in [-0.4, -0.2) is 4.92 Å². The minimum atomic E-state index is -0.846. The Hall–Kier alpha value is -2.15. The molecule has 18 heavy (non-hydrogen) atoms. The normalized spacial score (nSPS) is 10.3. The molecule has 2 aromatic rings. The molecule has 1 aromatic carbocycles. The van der Waals surface area contributed by atoms with Gasteiger partial charge in [-0.05, 0) is 23.6 Å². The largest absolute Gasteiger partial charge is 0.398 e. The Morgan fingerprint density at radius 2 is 2.22 bits per heavy atom. The monoisotopic (exact) mass is 267 g/mol. The fraction of sp³-hybridized carbons (Fsp3) is 0.0909. The Labute approximate surface area is 106 Å². The van der Waals surface area contributed by atoms with E-state index in [2.05, 4.69) is 5.32 Å². The van der Waals surface area contributed by atoms with Crippen molar-refractivity contribution in [2.24, 2.45) is 0 Å². The van der Waals surface area contributed by atoms with Crippen LogP contribution in [0.4, 0.5) is 21.5 Å². The van der Waals surface area contributed by atoms with Gasteiger partial charge in [0, 0.05) is 22.3 Å². The van der Waals surface area contributed by atoms with Crippen molar-refractivity contribution < 1.29 is 9.31 Å². The number of rotatable bonds is 4. The summed E-state index contributed by atoms with van der Waals surface area (Å²) in [5.41, 5.74) is 6.32. The number of nitro groups is 1. The summed E-state index contributed by atoms with van der Waals surface area (Å²) in [6, 6.07) is 5.47. The zero-order chi connectivity index (χ0) is 13.1. The van der Waals surface area contributed by atoms with Gasteiger partial charge in [-0.2, -0.15) is 4.39 Å². The molecule has 0 unspecified atom stereocenters. The van der Waals surface area contributed by atoms with Crippen LogP contribution in [0.1, 0.15) is 4.88 Å². The van der Waals surface area contributed by atoms with Crippen LogP contribution in [0.5, 0.6) is 0 Å². The molecule has 0 amide bonds. The first-order valence-electron chi connectivity index (χ1n) is 5.07. The molecule has 0 atom stereocenters. The van der Waals surface area contributed by atoms with Gasteiger partial charge >= 0.3 is 5.69 Å². The molecule has 0 aliphatic carbocycles. The van der Waals surface area contributed by atoms with Gasteiger partial charge in [0.1, 0.15) is 0 Å². The minimum Gasteiger partial charge on any atom is -0.398 e. The van der Waals surface area contributed by atoms with E-state index in [1.54, 1.807) is 6.07 Å². The molecule has 1 aromatic heterocycles. The van der Waals surface area contributed by atoms with Crippen molar-refractivity contribution in [2.75, 3.05) is 11.1 Å². The number of nitrogens with two attached hydrogens (primary N) is 1. The predicted octanol–water partition coefficient (Wildman–Crippen LogP) is 2.99. The Kier molecular flexibility index (Phi) is 3.42. The molecule has 0 aliphatic rings. The van der Waals surface area contributed by atoms with Gasteiger partial charge in [-0.15, -0.1) is 11.3 Å². The van der Waals surface area contributed by atoms with Crippen LogP contribution in [0, 0.1) is 15.9 Å². The van der Waals surface area contributed by atoms with E-state index in [1.165, 1.54) is 23.5 Å². The maximum atomic E-state index is 13.1. The highest BCUT2D eigenvalue weighted by molar-refractivity contribution is 7.10. The summed E-state index contributed by atoms with van der Waals surface area (Å²) in [5.74, 6) is -0.846. The third kappa shape index (κ3) is 2.57. The summed E-state index contributed by atoms with van der Waals surface area (Å²) < 4.78 is 13.1. The number of benzene rings is 1. The lowest BCUT2D eigenvalue weighted by Crippen LogP contribution is -2.01. The lowest BCUT2D eigenvalue weighted by Gasteiger charge is -2.05. The molecular weight excluding hydrogens is 257 g/mol. The maximum absolute atomic E-state index is 13.1. The van der Waals surface area contributed by atoms with Crippen LogP contribution in [0.2, 0.25) is 0 Å². The molecule has 3 N–H and O–H groups in total. The molecule has 0 spiro atoms. The lowest BCUT2D eigenvalue weighted by atomic mass is 10.2. The van der Waals surface area contributed by atoms with Crippen molar-refractivity contribution >= 4 is 28.4 Å². The highest BCUT2D eigenvalue weighted by Gasteiger charge is 2.14. The summed E-state index contributed by atoms with van der Waals surface area (Å²) in [6.45, 7) is 0.451. The summed E-state index contributed by atoms with van der Waals surface area (Å²) in [7, 11) is 0. The topological polar surface area (TPSA) is 81.2 Å². The Morgan fingerprint density at radius 3 is 2.83 bits per heavy atom. The van der Waals surface area contributed by atoms with Crippen LogP contribution in [-0.2, 0) is 6.54 Å². The molecule has 0 saturated carbocycles. The van der Waals surface area contributed by atoms with Gasteiger partial charge < -0.3 is 11.1 Å². The number of nitrogens with one attached hydrogen (secondary N) is 1. The van der Waals surface area contributed by atoms with Gasteiger partial charge in [-0.25, -0.2) is 0 Å². The van der Waals surface area contributed by atoms with Crippen molar-refractivity contribution in [3.8, 4) is 0 Å². The van der Waals surface area contributed by atoms with Crippen LogP contribution >= 0.6 is 11.3 Å². The van der Waals surface area contributed by atoms with Gasteiger partial charge in [-0.3, -0.25) is 10.1 Å². The number of nitrogen functional groups attached to an aromatic ring is 1. The number of thiophene rings is 1. The third-order valence-electron chi connectivity index (χ3n) is 2.38. The molecule has 0 radical (unpaired) electrons. The average molecular weight is 267 g/mol. The third-order valence-corrected chi connectivity index (χ3v) is 3.31. The van der Waals surface area contributed by atoms with Crippen molar-refractivity contribution in [3.05, 3.63) is 50.5 Å². The quantitative estimate of drug-likeness (QED) is 0.659. The molecular formula is C11H10FN3O2S. The average Bonchev–Trinajstić information content (AvgIpc) is 2.73. The number of halogens is 1. The van der Waals surface area contributed by atoms with Crippen molar-refractivity contribution in [1.82, 2.24) is 0 Å². The van der Waals surface area contributed by atoms with Crippen LogP contribution in [0.15, 0.2) is 29.6 Å². The summed E-state index contributed by atoms with van der Waals surface area (Å²) in [6.07, 6.45) is 0. The fourth-order valence-electron chi connectivity index (χ4n) is 1.44. The van der Waals surface area contributed by atoms with E-state index in [0.717, 1.165) is 10.9 Å². The van der Waals surface area contributed by atoms with Gasteiger partial charge in [0.25, 0.3) is 0 Å². The molecule has 7 heteroatoms. The van der Waals surface area contributed by atoms with Crippen LogP contribution in [0.3, 0.4) is 0 Å². The van der Waals surface area contributed by atoms with Crippen molar-refractivity contribution in [3.63, 3.8) is 0 Å². The second-order valence-corrected chi connectivity index (χ2v) is 4.58. The molecule has 0 aliphatic heterocycles. The first-order chi connectivity index (χ1) is 8.58. The Balaban J connectivity index is 2.13. The number of hydrogen-bond donors (Lipinski definition) is 2. The number of anilines is 2. The number of hydrogen-bond acceptors (Lipinski definition) is 5. The van der Waals surface area contributed by atoms with E-state index in [-0.39, 0.29) is 0 Å². The summed E-state index contributed by atoms with van der Waals surface area (Å²) in [4.78, 5) is 10.8. The van der Waals surface area contributed by atoms with E-state index in [1.807, 2.05) is 5.38 Å². The van der Waals surface area contributed by atoms with E-state index < -0.39 is 16.4 Å². The van der Waals surface area contributed by atoms with Gasteiger partial charge in [0.05, 0.1) is 11.5 Å². The highest BCUT2D eigenvalue weighted by Crippen LogP contribution is 2.24. The molecule has 1 heterocycles. The molecule has 5 nitrogen and oxygen atoms in total. The smallest absolute Gasteiger partial charge is 0.306 e. The van der Waals surface area contributed by atoms with Crippen molar-refractivity contribution in [1.29, 1.82) is 0 Å². The zero-order valence-corrected chi connectivity index (χ0v) is 10.0. The van der Waals surface area contributed by atoms with E-state index >= 15 is 0 Å². The standard InChI is InChI=1S/C11H10FN3O2S/c12-8-2-1-7(5-10(8)15(16)17)14-6-11-9(13)3-4-18-11/h1-5,14H,6,13H2. The highest BCUT2D eigenvalue weighted by atomic mass is 32.1. The molecule has 0 bridgehead atoms. The minimum absolute atomic E-state index is 0.451. The molecule has 0 saturated heterocycles. The van der Waals surface area contributed by atoms with E-state index in [0.29, 0.717) is 17.9 Å². The Bertz CT molecular complexity index is 585. The number of nitrogens with zero attached hydrogens (tertiary/aromatic N) is 1. The van der Waals surface area contributed by atoms with E-state index in [4.69, 9.17) is 5.73 Å². The zero-order valence-electron chi connectivity index (χ0n) is 9.22. The SMILES string of the molecule is Nc1ccsc1CNc1ccc(F)c([N+](=O)[O-])c1.